The maximum atomic E-state index is 12.0. The second kappa shape index (κ2) is 7.65. The van der Waals surface area contributed by atoms with Gasteiger partial charge in [-0.05, 0) is 32.3 Å². The van der Waals surface area contributed by atoms with Crippen LogP contribution in [0.15, 0.2) is 24.3 Å². The van der Waals surface area contributed by atoms with Crippen LogP contribution < -0.4 is 11.1 Å². The number of carbonyl (C=O) groups is 2. The van der Waals surface area contributed by atoms with Gasteiger partial charge in [0, 0.05) is 12.5 Å². The first kappa shape index (κ1) is 16.2. The number of aryl methyl sites for hydroxylation is 1. The van der Waals surface area contributed by atoms with Gasteiger partial charge in [0.05, 0.1) is 0 Å². The van der Waals surface area contributed by atoms with E-state index in [0.29, 0.717) is 12.8 Å². The highest BCUT2D eigenvalue weighted by Crippen LogP contribution is 2.12. The van der Waals surface area contributed by atoms with Gasteiger partial charge in [-0.1, -0.05) is 29.8 Å². The van der Waals surface area contributed by atoms with Crippen molar-refractivity contribution >= 4 is 11.9 Å². The minimum absolute atomic E-state index is 0.0849. The van der Waals surface area contributed by atoms with Crippen molar-refractivity contribution in [2.45, 2.75) is 45.2 Å². The van der Waals surface area contributed by atoms with Gasteiger partial charge in [0.1, 0.15) is 6.04 Å². The molecule has 1 rings (SSSR count). The number of nitrogens with one attached hydrogen (secondary N) is 1. The lowest BCUT2D eigenvalue weighted by atomic mass is 10.0. The lowest BCUT2D eigenvalue weighted by molar-refractivity contribution is -0.137. The number of carbonyl (C=O) groups excluding carboxylic acids is 1. The van der Waals surface area contributed by atoms with Crippen molar-refractivity contribution in [2.24, 2.45) is 5.73 Å². The average molecular weight is 278 g/mol. The monoisotopic (exact) mass is 278 g/mol. The largest absolute Gasteiger partial charge is 0.481 e. The minimum atomic E-state index is -0.820. The van der Waals surface area contributed by atoms with Gasteiger partial charge in [0.15, 0.2) is 0 Å². The smallest absolute Gasteiger partial charge is 0.303 e. The summed E-state index contributed by atoms with van der Waals surface area (Å²) in [6.45, 7) is 3.82. The highest BCUT2D eigenvalue weighted by Gasteiger charge is 2.17. The number of hydrogen-bond acceptors (Lipinski definition) is 3. The van der Waals surface area contributed by atoms with Gasteiger partial charge in [0.2, 0.25) is 5.91 Å². The molecule has 0 heterocycles. The van der Waals surface area contributed by atoms with Crippen molar-refractivity contribution in [3.63, 3.8) is 0 Å². The van der Waals surface area contributed by atoms with Crippen LogP contribution in [-0.4, -0.2) is 23.0 Å². The van der Waals surface area contributed by atoms with E-state index in [2.05, 4.69) is 5.32 Å². The molecule has 0 saturated carbocycles. The fourth-order valence-corrected chi connectivity index (χ4v) is 1.89. The Bertz CT molecular complexity index is 457. The summed E-state index contributed by atoms with van der Waals surface area (Å²) >= 11 is 0. The topological polar surface area (TPSA) is 92.4 Å². The number of hydrogen-bond donors (Lipinski definition) is 3. The fraction of sp³-hybridized carbons (Fsp3) is 0.467. The zero-order valence-corrected chi connectivity index (χ0v) is 11.9. The van der Waals surface area contributed by atoms with Gasteiger partial charge in [-0.15, -0.1) is 0 Å². The molecule has 2 atom stereocenters. The third-order valence-corrected chi connectivity index (χ3v) is 3.14. The van der Waals surface area contributed by atoms with E-state index in [1.54, 1.807) is 0 Å². The molecule has 5 nitrogen and oxygen atoms in total. The first-order valence-corrected chi connectivity index (χ1v) is 6.74. The Kier molecular flexibility index (Phi) is 6.18. The Morgan fingerprint density at radius 3 is 2.45 bits per heavy atom. The molecule has 0 fully saturated rings. The normalized spacial score (nSPS) is 13.6. The molecule has 0 bridgehead atoms. The maximum Gasteiger partial charge on any atom is 0.303 e. The predicted molar refractivity (Wildman–Crippen MR) is 77.2 cm³/mol. The predicted octanol–water partition coefficient (Wildman–Crippen LogP) is 1.75. The molecular formula is C15H22N2O3. The van der Waals surface area contributed by atoms with Crippen molar-refractivity contribution in [1.82, 2.24) is 5.32 Å². The molecule has 5 heteroatoms. The molecule has 20 heavy (non-hydrogen) atoms. The molecule has 0 radical (unpaired) electrons. The van der Waals surface area contributed by atoms with Crippen molar-refractivity contribution in [3.05, 3.63) is 35.4 Å². The minimum Gasteiger partial charge on any atom is -0.481 e. The summed E-state index contributed by atoms with van der Waals surface area (Å²) in [4.78, 5) is 22.4. The zero-order valence-electron chi connectivity index (χ0n) is 11.9. The van der Waals surface area contributed by atoms with Crippen molar-refractivity contribution in [3.8, 4) is 0 Å². The van der Waals surface area contributed by atoms with Crippen LogP contribution in [0, 0.1) is 6.92 Å². The number of nitrogens with two attached hydrogens (primary N) is 1. The summed E-state index contributed by atoms with van der Waals surface area (Å²) in [6.07, 6.45) is 1.28. The Morgan fingerprint density at radius 2 is 1.90 bits per heavy atom. The molecule has 0 spiro atoms. The van der Waals surface area contributed by atoms with Crippen molar-refractivity contribution in [2.75, 3.05) is 0 Å². The first-order valence-electron chi connectivity index (χ1n) is 6.74. The quantitative estimate of drug-likeness (QED) is 0.708. The average Bonchev–Trinajstić information content (AvgIpc) is 2.38. The van der Waals surface area contributed by atoms with Crippen molar-refractivity contribution < 1.29 is 14.7 Å². The van der Waals surface area contributed by atoms with Crippen LogP contribution in [0.1, 0.15) is 43.4 Å². The second-order valence-electron chi connectivity index (χ2n) is 5.08. The Balaban J connectivity index is 2.45. The highest BCUT2D eigenvalue weighted by molar-refractivity contribution is 5.83. The summed E-state index contributed by atoms with van der Waals surface area (Å²) in [7, 11) is 0. The summed E-state index contributed by atoms with van der Waals surface area (Å²) in [5.74, 6) is -1.06. The zero-order chi connectivity index (χ0) is 15.1. The summed E-state index contributed by atoms with van der Waals surface area (Å²) in [5, 5.41) is 11.4. The molecule has 2 unspecified atom stereocenters. The molecular weight excluding hydrogens is 256 g/mol. The summed E-state index contributed by atoms with van der Waals surface area (Å²) < 4.78 is 0. The van der Waals surface area contributed by atoms with Crippen LogP contribution in [0.5, 0.6) is 0 Å². The molecule has 1 amide bonds. The lowest BCUT2D eigenvalue weighted by Gasteiger charge is -2.17. The van der Waals surface area contributed by atoms with Gasteiger partial charge >= 0.3 is 5.97 Å². The maximum absolute atomic E-state index is 12.0. The molecule has 1 aromatic rings. The number of benzene rings is 1. The number of rotatable bonds is 7. The van der Waals surface area contributed by atoms with Gasteiger partial charge in [-0.3, -0.25) is 9.59 Å². The van der Waals surface area contributed by atoms with E-state index >= 15 is 0 Å². The third kappa shape index (κ3) is 5.40. The third-order valence-electron chi connectivity index (χ3n) is 3.14. The number of carboxylic acids is 1. The summed E-state index contributed by atoms with van der Waals surface area (Å²) in [5.41, 5.74) is 7.79. The Labute approximate surface area is 119 Å². The van der Waals surface area contributed by atoms with E-state index in [0.717, 1.165) is 11.1 Å². The van der Waals surface area contributed by atoms with Crippen LogP contribution in [-0.2, 0) is 9.59 Å². The van der Waals surface area contributed by atoms with Crippen molar-refractivity contribution in [1.29, 1.82) is 0 Å². The van der Waals surface area contributed by atoms with E-state index in [-0.39, 0.29) is 18.4 Å². The molecule has 0 aromatic heterocycles. The van der Waals surface area contributed by atoms with Gasteiger partial charge in [-0.25, -0.2) is 0 Å². The van der Waals surface area contributed by atoms with E-state index in [9.17, 15) is 9.59 Å². The second-order valence-corrected chi connectivity index (χ2v) is 5.08. The fourth-order valence-electron chi connectivity index (χ4n) is 1.89. The molecule has 110 valence electrons. The molecule has 1 aromatic carbocycles. The van der Waals surface area contributed by atoms with Gasteiger partial charge in [-0.2, -0.15) is 0 Å². The van der Waals surface area contributed by atoms with Crippen LogP contribution in [0.2, 0.25) is 0 Å². The van der Waals surface area contributed by atoms with Crippen LogP contribution in [0.3, 0.4) is 0 Å². The van der Waals surface area contributed by atoms with E-state index in [1.165, 1.54) is 0 Å². The van der Waals surface area contributed by atoms with Gasteiger partial charge in [0.25, 0.3) is 0 Å². The molecule has 0 saturated heterocycles. The molecule has 4 N–H and O–H groups in total. The molecule has 0 aliphatic heterocycles. The Hall–Kier alpha value is -1.88. The van der Waals surface area contributed by atoms with E-state index in [1.807, 2.05) is 38.1 Å². The standard InChI is InChI=1S/C15H22N2O3/c1-10-6-8-12(9-7-10)14(16)15(20)17-11(2)4-3-5-13(18)19/h6-9,11,14H,3-5,16H2,1-2H3,(H,17,20)(H,18,19). The lowest BCUT2D eigenvalue weighted by Crippen LogP contribution is -2.39. The number of aliphatic carboxylic acids is 1. The van der Waals surface area contributed by atoms with Crippen LogP contribution in [0.4, 0.5) is 0 Å². The van der Waals surface area contributed by atoms with Crippen LogP contribution >= 0.6 is 0 Å². The number of carboxylic acid groups (broad SMARTS) is 1. The number of amides is 1. The molecule has 0 aliphatic rings. The Morgan fingerprint density at radius 1 is 1.30 bits per heavy atom. The summed E-state index contributed by atoms with van der Waals surface area (Å²) in [6, 6.07) is 6.73. The highest BCUT2D eigenvalue weighted by atomic mass is 16.4. The van der Waals surface area contributed by atoms with E-state index in [4.69, 9.17) is 10.8 Å². The SMILES string of the molecule is Cc1ccc(C(N)C(=O)NC(C)CCCC(=O)O)cc1. The van der Waals surface area contributed by atoms with E-state index < -0.39 is 12.0 Å². The first-order chi connectivity index (χ1) is 9.40. The van der Waals surface area contributed by atoms with Crippen LogP contribution in [0.25, 0.3) is 0 Å². The molecule has 0 aliphatic carbocycles. The van der Waals surface area contributed by atoms with Gasteiger partial charge < -0.3 is 16.2 Å².